The summed E-state index contributed by atoms with van der Waals surface area (Å²) in [6.07, 6.45) is -2.10. The number of aromatic amines is 1. The lowest BCUT2D eigenvalue weighted by atomic mass is 10.1. The van der Waals surface area contributed by atoms with Crippen LogP contribution in [-0.2, 0) is 13.6 Å². The minimum absolute atomic E-state index is 0.0648. The molecule has 10 heteroatoms. The van der Waals surface area contributed by atoms with Gasteiger partial charge in [0, 0.05) is 12.3 Å². The van der Waals surface area contributed by atoms with Crippen molar-refractivity contribution in [2.75, 3.05) is 0 Å². The molecule has 1 aliphatic heterocycles. The first-order chi connectivity index (χ1) is 14.3. The van der Waals surface area contributed by atoms with Crippen LogP contribution < -0.4 is 11.2 Å². The number of H-pyrrole nitrogens is 1. The van der Waals surface area contributed by atoms with Gasteiger partial charge in [-0.2, -0.15) is 0 Å². The van der Waals surface area contributed by atoms with Gasteiger partial charge in [0.15, 0.2) is 22.9 Å². The van der Waals surface area contributed by atoms with E-state index < -0.39 is 58.5 Å². The maximum absolute atomic E-state index is 12.7. The molecule has 0 saturated carbocycles. The molecule has 8 nitrogen and oxygen atoms in total. The summed E-state index contributed by atoms with van der Waals surface area (Å²) < 4.78 is 21.2. The summed E-state index contributed by atoms with van der Waals surface area (Å²) in [5, 5.41) is 10.4. The number of aliphatic hydroxyl groups excluding tert-OH is 1. The first-order valence-corrected chi connectivity index (χ1v) is 17.1. The van der Waals surface area contributed by atoms with Gasteiger partial charge in [0.1, 0.15) is 18.3 Å². The summed E-state index contributed by atoms with van der Waals surface area (Å²) in [6, 6.07) is 1.29. The van der Waals surface area contributed by atoms with E-state index in [-0.39, 0.29) is 10.1 Å². The number of hydrogen-bond acceptors (Lipinski definition) is 6. The number of hydrogen-bond donors (Lipinski definition) is 2. The molecule has 1 saturated heterocycles. The largest absolute Gasteiger partial charge is 0.408 e. The molecule has 1 aliphatic rings. The zero-order valence-electron chi connectivity index (χ0n) is 21.5. The van der Waals surface area contributed by atoms with Crippen molar-refractivity contribution in [1.29, 1.82) is 0 Å². The number of aliphatic hydroxyl groups is 1. The van der Waals surface area contributed by atoms with Crippen LogP contribution in [0.15, 0.2) is 21.9 Å². The predicted molar refractivity (Wildman–Crippen MR) is 131 cm³/mol. The van der Waals surface area contributed by atoms with E-state index >= 15 is 0 Å². The summed E-state index contributed by atoms with van der Waals surface area (Å²) in [7, 11) is -4.59. The van der Waals surface area contributed by atoms with Crippen LogP contribution in [0.4, 0.5) is 0 Å². The second-order valence-electron chi connectivity index (χ2n) is 11.9. The molecule has 2 rings (SSSR count). The van der Waals surface area contributed by atoms with Gasteiger partial charge in [-0.3, -0.25) is 14.3 Å². The smallest absolute Gasteiger partial charge is 0.330 e. The van der Waals surface area contributed by atoms with Crippen LogP contribution in [0.25, 0.3) is 0 Å². The van der Waals surface area contributed by atoms with Crippen LogP contribution in [0.5, 0.6) is 0 Å². The molecule has 0 aliphatic carbocycles. The van der Waals surface area contributed by atoms with E-state index in [0.29, 0.717) is 0 Å². The summed E-state index contributed by atoms with van der Waals surface area (Å²) in [4.78, 5) is 26.6. The van der Waals surface area contributed by atoms with Crippen LogP contribution in [0, 0.1) is 0 Å². The maximum atomic E-state index is 12.7. The molecule has 0 radical (unpaired) electrons. The minimum atomic E-state index is -2.31. The molecule has 2 N–H and O–H groups in total. The molecule has 32 heavy (non-hydrogen) atoms. The van der Waals surface area contributed by atoms with Gasteiger partial charge in [0.2, 0.25) is 0 Å². The van der Waals surface area contributed by atoms with Gasteiger partial charge in [0.25, 0.3) is 5.56 Å². The van der Waals surface area contributed by atoms with Crippen molar-refractivity contribution in [3.63, 3.8) is 0 Å². The van der Waals surface area contributed by atoms with Crippen molar-refractivity contribution in [3.05, 3.63) is 33.1 Å². The fourth-order valence-electron chi connectivity index (χ4n) is 3.20. The SMILES string of the molecule is C[C@@H](O)[C@H]1O[C@@H](n2ccc(=O)[nH]c2=O)C(O[Si](C)(C)C(C)(C)C)C1O[Si](C)(C)C(C)(C)C. The topological polar surface area (TPSA) is 103 Å². The Bertz CT molecular complexity index is 910. The van der Waals surface area contributed by atoms with Crippen molar-refractivity contribution in [2.45, 2.75) is 115 Å². The van der Waals surface area contributed by atoms with Crippen molar-refractivity contribution in [3.8, 4) is 0 Å². The number of rotatable bonds is 6. The highest BCUT2D eigenvalue weighted by atomic mass is 28.4. The molecule has 1 aromatic rings. The van der Waals surface area contributed by atoms with Gasteiger partial charge in [-0.15, -0.1) is 0 Å². The standard InChI is InChI=1S/C22H42N2O6Si2/c1-14(25)16-17(29-31(8,9)21(2,3)4)18(30-32(10,11)22(5,6)7)19(28-16)24-13-12-15(26)23-20(24)27/h12-14,16-19,25H,1-11H3,(H,23,26,27)/t14-,16-,17?,18?,19-/m1/s1. The van der Waals surface area contributed by atoms with Gasteiger partial charge < -0.3 is 18.7 Å². The van der Waals surface area contributed by atoms with Crippen molar-refractivity contribution < 1.29 is 18.7 Å². The van der Waals surface area contributed by atoms with Crippen LogP contribution in [-0.4, -0.2) is 55.7 Å². The highest BCUT2D eigenvalue weighted by Gasteiger charge is 2.55. The summed E-state index contributed by atoms with van der Waals surface area (Å²) in [5.41, 5.74) is -1.06. The van der Waals surface area contributed by atoms with Crippen LogP contribution in [0.1, 0.15) is 54.7 Å². The predicted octanol–water partition coefficient (Wildman–Crippen LogP) is 3.60. The average Bonchev–Trinajstić information content (AvgIpc) is 2.90. The van der Waals surface area contributed by atoms with Crippen LogP contribution >= 0.6 is 0 Å². The Kier molecular flexibility index (Phi) is 7.61. The van der Waals surface area contributed by atoms with Crippen LogP contribution in [0.3, 0.4) is 0 Å². The normalized spacial score (nSPS) is 26.4. The average molecular weight is 487 g/mol. The van der Waals surface area contributed by atoms with E-state index in [2.05, 4.69) is 72.7 Å². The molecule has 0 spiro atoms. The molecule has 0 bridgehead atoms. The number of aromatic nitrogens is 2. The summed E-state index contributed by atoms with van der Waals surface area (Å²) in [6.45, 7) is 23.1. The first kappa shape index (κ1) is 27.2. The molecule has 2 unspecified atom stereocenters. The van der Waals surface area contributed by atoms with Gasteiger partial charge >= 0.3 is 5.69 Å². The van der Waals surface area contributed by atoms with E-state index in [0.717, 1.165) is 0 Å². The lowest BCUT2D eigenvalue weighted by Gasteiger charge is -2.44. The number of nitrogens with zero attached hydrogens (tertiary/aromatic N) is 1. The number of nitrogens with one attached hydrogen (secondary N) is 1. The van der Waals surface area contributed by atoms with Crippen molar-refractivity contribution >= 4 is 16.6 Å². The van der Waals surface area contributed by atoms with Gasteiger partial charge in [-0.05, 0) is 43.2 Å². The zero-order chi connectivity index (χ0) is 24.9. The van der Waals surface area contributed by atoms with E-state index in [9.17, 15) is 14.7 Å². The van der Waals surface area contributed by atoms with Crippen molar-refractivity contribution in [1.82, 2.24) is 9.55 Å². The first-order valence-electron chi connectivity index (χ1n) is 11.3. The van der Waals surface area contributed by atoms with E-state index in [1.165, 1.54) is 16.8 Å². The fourth-order valence-corrected chi connectivity index (χ4v) is 5.78. The lowest BCUT2D eigenvalue weighted by molar-refractivity contribution is -0.0787. The summed E-state index contributed by atoms with van der Waals surface area (Å²) >= 11 is 0. The quantitative estimate of drug-likeness (QED) is 0.596. The monoisotopic (exact) mass is 486 g/mol. The van der Waals surface area contributed by atoms with Crippen molar-refractivity contribution in [2.24, 2.45) is 0 Å². The van der Waals surface area contributed by atoms with Gasteiger partial charge in [-0.25, -0.2) is 4.79 Å². The Balaban J connectivity index is 2.62. The fraction of sp³-hybridized carbons (Fsp3) is 0.818. The molecule has 1 aromatic heterocycles. The summed E-state index contributed by atoms with van der Waals surface area (Å²) in [5.74, 6) is 0. The molecule has 0 amide bonds. The molecule has 2 heterocycles. The molecular weight excluding hydrogens is 444 g/mol. The highest BCUT2D eigenvalue weighted by Crippen LogP contribution is 2.45. The third-order valence-corrected chi connectivity index (χ3v) is 16.2. The molecular formula is C22H42N2O6Si2. The Morgan fingerprint density at radius 2 is 1.47 bits per heavy atom. The molecule has 0 aromatic carbocycles. The Morgan fingerprint density at radius 3 is 1.88 bits per heavy atom. The third kappa shape index (κ3) is 5.53. The lowest BCUT2D eigenvalue weighted by Crippen LogP contribution is -2.55. The third-order valence-electron chi connectivity index (χ3n) is 7.30. The van der Waals surface area contributed by atoms with E-state index in [1.807, 2.05) is 0 Å². The van der Waals surface area contributed by atoms with E-state index in [1.54, 1.807) is 6.92 Å². The second-order valence-corrected chi connectivity index (χ2v) is 21.4. The second kappa shape index (κ2) is 8.96. The van der Waals surface area contributed by atoms with Gasteiger partial charge in [-0.1, -0.05) is 41.5 Å². The van der Waals surface area contributed by atoms with Gasteiger partial charge in [0.05, 0.1) is 6.10 Å². The molecule has 1 fully saturated rings. The Morgan fingerprint density at radius 1 is 1.00 bits per heavy atom. The van der Waals surface area contributed by atoms with Crippen LogP contribution in [0.2, 0.25) is 36.3 Å². The van der Waals surface area contributed by atoms with E-state index in [4.69, 9.17) is 13.6 Å². The number of ether oxygens (including phenoxy) is 1. The molecule has 5 atom stereocenters. The zero-order valence-corrected chi connectivity index (χ0v) is 23.5. The molecule has 184 valence electrons. The Labute approximate surface area is 193 Å². The minimum Gasteiger partial charge on any atom is -0.408 e. The highest BCUT2D eigenvalue weighted by molar-refractivity contribution is 6.74. The maximum Gasteiger partial charge on any atom is 0.330 e. The Hall–Kier alpha value is -1.05.